The van der Waals surface area contributed by atoms with Crippen LogP contribution < -0.4 is 10.4 Å². The van der Waals surface area contributed by atoms with Gasteiger partial charge in [0.2, 0.25) is 0 Å². The van der Waals surface area contributed by atoms with Crippen LogP contribution in [0.3, 0.4) is 0 Å². The molecule has 1 N–H and O–H groups in total. The third kappa shape index (κ3) is 4.99. The summed E-state index contributed by atoms with van der Waals surface area (Å²) in [5.74, 6) is 0. The van der Waals surface area contributed by atoms with Gasteiger partial charge in [-0.15, -0.1) is 0 Å². The van der Waals surface area contributed by atoms with E-state index in [-0.39, 0.29) is 17.7 Å². The quantitative estimate of drug-likeness (QED) is 0.500. The highest BCUT2D eigenvalue weighted by Crippen LogP contribution is 2.38. The van der Waals surface area contributed by atoms with E-state index in [2.05, 4.69) is 117 Å². The summed E-state index contributed by atoms with van der Waals surface area (Å²) in [6.45, 7) is 8.70. The van der Waals surface area contributed by atoms with E-state index < -0.39 is 8.32 Å². The predicted molar refractivity (Wildman–Crippen MR) is 139 cm³/mol. The van der Waals surface area contributed by atoms with E-state index in [0.29, 0.717) is 12.6 Å². The molecule has 3 aromatic carbocycles. The summed E-state index contributed by atoms with van der Waals surface area (Å²) in [5.41, 5.74) is 1.29. The van der Waals surface area contributed by atoms with Crippen molar-refractivity contribution in [2.24, 2.45) is 0 Å². The van der Waals surface area contributed by atoms with Gasteiger partial charge in [-0.25, -0.2) is 0 Å². The first kappa shape index (κ1) is 23.9. The molecule has 1 heterocycles. The maximum atomic E-state index is 10.1. The molecule has 4 rings (SSSR count). The van der Waals surface area contributed by atoms with Crippen LogP contribution in [0, 0.1) is 0 Å². The van der Waals surface area contributed by atoms with Gasteiger partial charge in [-0.1, -0.05) is 112 Å². The number of hydrogen-bond donors (Lipinski definition) is 1. The maximum Gasteiger partial charge on any atom is 0.261 e. The van der Waals surface area contributed by atoms with Crippen molar-refractivity contribution < 1.29 is 9.53 Å². The lowest BCUT2D eigenvalue weighted by atomic mass is 10.2. The summed E-state index contributed by atoms with van der Waals surface area (Å²) >= 11 is 0. The molecule has 0 radical (unpaired) electrons. The second-order valence-electron chi connectivity index (χ2n) is 10.2. The van der Waals surface area contributed by atoms with Crippen LogP contribution in [0.4, 0.5) is 0 Å². The van der Waals surface area contributed by atoms with Gasteiger partial charge in [0.15, 0.2) is 0 Å². The fraction of sp³-hybridized carbons (Fsp3) is 0.379. The van der Waals surface area contributed by atoms with Crippen molar-refractivity contribution in [2.75, 3.05) is 13.2 Å². The molecule has 3 aromatic rings. The zero-order valence-corrected chi connectivity index (χ0v) is 21.2. The topological polar surface area (TPSA) is 32.7 Å². The second-order valence-corrected chi connectivity index (χ2v) is 14.5. The highest BCUT2D eigenvalue weighted by atomic mass is 28.4. The third-order valence-electron chi connectivity index (χ3n) is 7.10. The highest BCUT2D eigenvalue weighted by molar-refractivity contribution is 6.99. The van der Waals surface area contributed by atoms with Crippen LogP contribution in [0.5, 0.6) is 0 Å². The van der Waals surface area contributed by atoms with Gasteiger partial charge in [0.25, 0.3) is 8.32 Å². The van der Waals surface area contributed by atoms with Gasteiger partial charge in [-0.3, -0.25) is 4.90 Å². The van der Waals surface area contributed by atoms with Crippen molar-refractivity contribution in [3.63, 3.8) is 0 Å². The molecule has 0 amide bonds. The van der Waals surface area contributed by atoms with Gasteiger partial charge in [0, 0.05) is 18.6 Å². The monoisotopic (exact) mass is 459 g/mol. The average molecular weight is 460 g/mol. The Hall–Kier alpha value is -2.24. The van der Waals surface area contributed by atoms with Gasteiger partial charge in [-0.05, 0) is 33.8 Å². The number of rotatable bonds is 8. The minimum atomic E-state index is -2.56. The van der Waals surface area contributed by atoms with Crippen LogP contribution in [-0.4, -0.2) is 43.6 Å². The van der Waals surface area contributed by atoms with E-state index in [0.717, 1.165) is 19.4 Å². The Morgan fingerprint density at radius 2 is 1.27 bits per heavy atom. The van der Waals surface area contributed by atoms with Crippen LogP contribution in [0.15, 0.2) is 91.0 Å². The molecule has 33 heavy (non-hydrogen) atoms. The van der Waals surface area contributed by atoms with Crippen molar-refractivity contribution in [3.8, 4) is 0 Å². The smallest absolute Gasteiger partial charge is 0.261 e. The van der Waals surface area contributed by atoms with E-state index in [4.69, 9.17) is 4.43 Å². The fourth-order valence-electron chi connectivity index (χ4n) is 5.43. The Morgan fingerprint density at radius 3 is 1.76 bits per heavy atom. The van der Waals surface area contributed by atoms with Crippen molar-refractivity contribution in [1.82, 2.24) is 4.90 Å². The first-order chi connectivity index (χ1) is 16.0. The van der Waals surface area contributed by atoms with Crippen molar-refractivity contribution in [2.45, 2.75) is 57.3 Å². The number of likely N-dealkylation sites (tertiary alicyclic amines) is 1. The molecule has 1 fully saturated rings. The average Bonchev–Trinajstić information content (AvgIpc) is 3.22. The van der Waals surface area contributed by atoms with Gasteiger partial charge < -0.3 is 9.53 Å². The van der Waals surface area contributed by atoms with Gasteiger partial charge in [0.1, 0.15) is 0 Å². The molecule has 1 saturated heterocycles. The Kier molecular flexibility index (Phi) is 7.50. The molecule has 1 aliphatic rings. The van der Waals surface area contributed by atoms with E-state index in [9.17, 15) is 5.11 Å². The third-order valence-corrected chi connectivity index (χ3v) is 12.1. The summed E-state index contributed by atoms with van der Waals surface area (Å²) in [4.78, 5) is 2.47. The summed E-state index contributed by atoms with van der Waals surface area (Å²) in [6, 6.07) is 32.8. The van der Waals surface area contributed by atoms with Crippen LogP contribution in [0.2, 0.25) is 5.04 Å². The van der Waals surface area contributed by atoms with E-state index in [1.165, 1.54) is 15.9 Å². The highest BCUT2D eigenvalue weighted by Gasteiger charge is 2.51. The van der Waals surface area contributed by atoms with E-state index in [1.54, 1.807) is 0 Å². The summed E-state index contributed by atoms with van der Waals surface area (Å²) in [5, 5.41) is 12.7. The number of aliphatic hydroxyl groups excluding tert-OH is 1. The molecular formula is C29H37NO2Si. The summed E-state index contributed by atoms with van der Waals surface area (Å²) in [7, 11) is -2.56. The minimum Gasteiger partial charge on any atom is -0.406 e. The zero-order valence-electron chi connectivity index (χ0n) is 20.2. The van der Waals surface area contributed by atoms with Crippen LogP contribution in [0.25, 0.3) is 0 Å². The molecular weight excluding hydrogens is 422 g/mol. The van der Waals surface area contributed by atoms with Crippen LogP contribution >= 0.6 is 0 Å². The summed E-state index contributed by atoms with van der Waals surface area (Å²) in [6.07, 6.45) is 2.06. The molecule has 0 spiro atoms. The maximum absolute atomic E-state index is 10.1. The van der Waals surface area contributed by atoms with Crippen molar-refractivity contribution in [1.29, 1.82) is 0 Å². The molecule has 0 aliphatic carbocycles. The lowest BCUT2D eigenvalue weighted by molar-refractivity contribution is 0.0939. The minimum absolute atomic E-state index is 0.0328. The van der Waals surface area contributed by atoms with E-state index >= 15 is 0 Å². The first-order valence-corrected chi connectivity index (χ1v) is 14.0. The molecule has 3 nitrogen and oxygen atoms in total. The predicted octanol–water partition coefficient (Wildman–Crippen LogP) is 4.59. The first-order valence-electron chi connectivity index (χ1n) is 12.1. The van der Waals surface area contributed by atoms with Gasteiger partial charge in [0.05, 0.1) is 13.2 Å². The fourth-order valence-corrected chi connectivity index (χ4v) is 10.0. The lowest BCUT2D eigenvalue weighted by Gasteiger charge is -2.44. The molecule has 2 atom stereocenters. The molecule has 0 aromatic heterocycles. The normalized spacial score (nSPS) is 19.6. The summed E-state index contributed by atoms with van der Waals surface area (Å²) < 4.78 is 7.23. The van der Waals surface area contributed by atoms with E-state index in [1.807, 2.05) is 0 Å². The van der Waals surface area contributed by atoms with Gasteiger partial charge in [-0.2, -0.15) is 0 Å². The number of nitrogens with zero attached hydrogens (tertiary/aromatic N) is 1. The standard InChI is InChI=1S/C29H37NO2Si/c1-29(2,3)33(27-15-9-5-10-16-27,28-17-11-6-12-18-28)32-23-26-20-19-25(22-31)30(26)21-24-13-7-4-8-14-24/h4-18,25-26,31H,19-23H2,1-3H3. The van der Waals surface area contributed by atoms with Crippen molar-refractivity contribution in [3.05, 3.63) is 96.6 Å². The Balaban J connectivity index is 1.67. The number of hydrogen-bond acceptors (Lipinski definition) is 3. The molecule has 4 heteroatoms. The molecule has 1 aliphatic heterocycles. The van der Waals surface area contributed by atoms with Crippen LogP contribution in [-0.2, 0) is 11.0 Å². The largest absolute Gasteiger partial charge is 0.406 e. The molecule has 0 bridgehead atoms. The number of benzene rings is 3. The lowest BCUT2D eigenvalue weighted by Crippen LogP contribution is -2.67. The SMILES string of the molecule is CC(C)(C)[Si](OCC1CCC(CO)N1Cc1ccccc1)(c1ccccc1)c1ccccc1. The Labute approximate surface area is 200 Å². The van der Waals surface area contributed by atoms with Crippen LogP contribution in [0.1, 0.15) is 39.2 Å². The molecule has 174 valence electrons. The van der Waals surface area contributed by atoms with Crippen molar-refractivity contribution >= 4 is 18.7 Å². The zero-order chi connectivity index (χ0) is 23.3. The molecule has 0 saturated carbocycles. The Morgan fingerprint density at radius 1 is 0.788 bits per heavy atom. The molecule has 2 unspecified atom stereocenters. The number of aliphatic hydroxyl groups is 1. The second kappa shape index (κ2) is 10.4. The van der Waals surface area contributed by atoms with Gasteiger partial charge >= 0.3 is 0 Å². The Bertz CT molecular complexity index is 949.